The number of phenols is 1. The summed E-state index contributed by atoms with van der Waals surface area (Å²) in [5.41, 5.74) is 4.38. The number of aromatic nitrogens is 2. The predicted octanol–water partition coefficient (Wildman–Crippen LogP) is -0.688. The Morgan fingerprint density at radius 2 is 2.13 bits per heavy atom. The van der Waals surface area contributed by atoms with Crippen LogP contribution in [0.3, 0.4) is 0 Å². The Balaban J connectivity index is 3.06. The Morgan fingerprint density at radius 3 is 2.80 bits per heavy atom. The first-order valence-electron chi connectivity index (χ1n) is 4.30. The summed E-state index contributed by atoms with van der Waals surface area (Å²) < 4.78 is 0.821. The number of fused-ring (bicyclic) bond motifs is 1. The van der Waals surface area contributed by atoms with E-state index in [1.165, 1.54) is 6.07 Å². The van der Waals surface area contributed by atoms with Crippen LogP contribution < -0.4 is 17.0 Å². The van der Waals surface area contributed by atoms with Crippen LogP contribution in [-0.2, 0) is 6.67 Å². The Morgan fingerprint density at radius 1 is 1.40 bits per heavy atom. The normalized spacial score (nSPS) is 10.7. The molecule has 2 aromatic rings. The van der Waals surface area contributed by atoms with Gasteiger partial charge in [0.1, 0.15) is 11.1 Å². The van der Waals surface area contributed by atoms with E-state index < -0.39 is 11.2 Å². The maximum atomic E-state index is 11.7. The van der Waals surface area contributed by atoms with E-state index in [9.17, 15) is 14.7 Å². The average Bonchev–Trinajstić information content (AvgIpc) is 2.17. The Labute approximate surface area is 83.6 Å². The molecule has 15 heavy (non-hydrogen) atoms. The first-order chi connectivity index (χ1) is 7.15. The molecule has 6 heteroatoms. The van der Waals surface area contributed by atoms with Crippen molar-refractivity contribution in [3.05, 3.63) is 39.0 Å². The largest absolute Gasteiger partial charge is 0.507 e. The van der Waals surface area contributed by atoms with Crippen LogP contribution >= 0.6 is 0 Å². The van der Waals surface area contributed by atoms with E-state index in [0.717, 1.165) is 4.57 Å². The highest BCUT2D eigenvalue weighted by molar-refractivity contribution is 5.83. The first-order valence-corrected chi connectivity index (χ1v) is 4.30. The molecule has 0 unspecified atom stereocenters. The summed E-state index contributed by atoms with van der Waals surface area (Å²) in [5, 5.41) is 9.56. The minimum Gasteiger partial charge on any atom is -0.507 e. The van der Waals surface area contributed by atoms with Crippen molar-refractivity contribution in [2.75, 3.05) is 0 Å². The van der Waals surface area contributed by atoms with Crippen molar-refractivity contribution in [2.24, 2.45) is 5.73 Å². The zero-order valence-electron chi connectivity index (χ0n) is 7.73. The smallest absolute Gasteiger partial charge is 0.329 e. The highest BCUT2D eigenvalue weighted by Gasteiger charge is 2.09. The number of aromatic hydroxyl groups is 1. The molecular weight excluding hydrogens is 198 g/mol. The van der Waals surface area contributed by atoms with Gasteiger partial charge in [-0.2, -0.15) is 0 Å². The Hall–Kier alpha value is -2.08. The fourth-order valence-electron chi connectivity index (χ4n) is 1.44. The van der Waals surface area contributed by atoms with Crippen LogP contribution in [0.2, 0.25) is 0 Å². The fraction of sp³-hybridized carbons (Fsp3) is 0.111. The third kappa shape index (κ3) is 1.31. The summed E-state index contributed by atoms with van der Waals surface area (Å²) in [6, 6.07) is 4.46. The zero-order valence-corrected chi connectivity index (χ0v) is 7.73. The van der Waals surface area contributed by atoms with Crippen LogP contribution in [0.25, 0.3) is 10.9 Å². The van der Waals surface area contributed by atoms with Gasteiger partial charge in [0.15, 0.2) is 0 Å². The summed E-state index contributed by atoms with van der Waals surface area (Å²) >= 11 is 0. The van der Waals surface area contributed by atoms with Crippen molar-refractivity contribution >= 4 is 10.9 Å². The van der Waals surface area contributed by atoms with Gasteiger partial charge in [-0.1, -0.05) is 6.07 Å². The lowest BCUT2D eigenvalue weighted by atomic mass is 10.2. The van der Waals surface area contributed by atoms with E-state index in [-0.39, 0.29) is 17.8 Å². The number of hydrogen-bond donors (Lipinski definition) is 3. The molecule has 0 spiro atoms. The maximum Gasteiger partial charge on any atom is 0.329 e. The monoisotopic (exact) mass is 207 g/mol. The van der Waals surface area contributed by atoms with E-state index in [1.807, 2.05) is 0 Å². The van der Waals surface area contributed by atoms with Crippen LogP contribution in [0, 0.1) is 0 Å². The lowest BCUT2D eigenvalue weighted by molar-refractivity contribution is 0.480. The Kier molecular flexibility index (Phi) is 2.05. The number of rotatable bonds is 1. The predicted molar refractivity (Wildman–Crippen MR) is 54.7 cm³/mol. The standard InChI is InChI=1S/C9H9N3O3/c10-4-12-8(14)7-5(11-9(12)15)2-1-3-6(7)13/h1-3,13H,4,10H2,(H,11,15). The van der Waals surface area contributed by atoms with Crippen LogP contribution in [-0.4, -0.2) is 14.7 Å². The maximum absolute atomic E-state index is 11.7. The van der Waals surface area contributed by atoms with Gasteiger partial charge in [-0.3, -0.25) is 4.79 Å². The molecule has 0 aliphatic carbocycles. The summed E-state index contributed by atoms with van der Waals surface area (Å²) in [6.45, 7) is -0.224. The van der Waals surface area contributed by atoms with Crippen molar-refractivity contribution in [1.29, 1.82) is 0 Å². The zero-order chi connectivity index (χ0) is 11.0. The molecule has 0 bridgehead atoms. The summed E-state index contributed by atoms with van der Waals surface area (Å²) in [5.74, 6) is -0.170. The van der Waals surface area contributed by atoms with Crippen LogP contribution in [0.5, 0.6) is 5.75 Å². The highest BCUT2D eigenvalue weighted by atomic mass is 16.3. The third-order valence-electron chi connectivity index (χ3n) is 2.17. The number of hydrogen-bond acceptors (Lipinski definition) is 4. The van der Waals surface area contributed by atoms with Gasteiger partial charge in [-0.05, 0) is 12.1 Å². The molecule has 0 amide bonds. The van der Waals surface area contributed by atoms with Crippen molar-refractivity contribution in [3.8, 4) is 5.75 Å². The second-order valence-electron chi connectivity index (χ2n) is 3.05. The van der Waals surface area contributed by atoms with E-state index in [4.69, 9.17) is 5.73 Å². The van der Waals surface area contributed by atoms with Gasteiger partial charge in [0.05, 0.1) is 12.2 Å². The number of aromatic amines is 1. The number of nitrogens with two attached hydrogens (primary N) is 1. The average molecular weight is 207 g/mol. The molecule has 1 heterocycles. The van der Waals surface area contributed by atoms with E-state index in [2.05, 4.69) is 4.98 Å². The molecule has 0 atom stereocenters. The summed E-state index contributed by atoms with van der Waals surface area (Å²) in [7, 11) is 0. The molecule has 0 aliphatic heterocycles. The van der Waals surface area contributed by atoms with Crippen LogP contribution in [0.1, 0.15) is 0 Å². The minimum absolute atomic E-state index is 0.0718. The van der Waals surface area contributed by atoms with Crippen molar-refractivity contribution in [1.82, 2.24) is 9.55 Å². The van der Waals surface area contributed by atoms with Crippen LogP contribution in [0.15, 0.2) is 27.8 Å². The van der Waals surface area contributed by atoms with Gasteiger partial charge in [0, 0.05) is 0 Å². The topological polar surface area (TPSA) is 101 Å². The van der Waals surface area contributed by atoms with E-state index >= 15 is 0 Å². The van der Waals surface area contributed by atoms with Gasteiger partial charge >= 0.3 is 5.69 Å². The van der Waals surface area contributed by atoms with Gasteiger partial charge in [0.2, 0.25) is 0 Å². The molecule has 0 aliphatic rings. The molecule has 1 aromatic heterocycles. The molecule has 78 valence electrons. The van der Waals surface area contributed by atoms with Gasteiger partial charge < -0.3 is 15.8 Å². The van der Waals surface area contributed by atoms with Gasteiger partial charge in [-0.25, -0.2) is 9.36 Å². The third-order valence-corrected chi connectivity index (χ3v) is 2.17. The second-order valence-corrected chi connectivity index (χ2v) is 3.05. The molecule has 0 radical (unpaired) electrons. The summed E-state index contributed by atoms with van der Waals surface area (Å²) in [4.78, 5) is 25.5. The highest BCUT2D eigenvalue weighted by Crippen LogP contribution is 2.17. The lowest BCUT2D eigenvalue weighted by Crippen LogP contribution is -2.37. The number of benzene rings is 1. The second kappa shape index (κ2) is 3.25. The Bertz CT molecular complexity index is 627. The number of phenolic OH excluding ortho intramolecular Hbond substituents is 1. The number of H-pyrrole nitrogens is 1. The molecule has 0 saturated heterocycles. The van der Waals surface area contributed by atoms with Gasteiger partial charge in [0.25, 0.3) is 5.56 Å². The first kappa shape index (κ1) is 9.47. The quantitative estimate of drug-likeness (QED) is 0.576. The van der Waals surface area contributed by atoms with Crippen LogP contribution in [0.4, 0.5) is 0 Å². The van der Waals surface area contributed by atoms with E-state index in [1.54, 1.807) is 12.1 Å². The molecule has 0 saturated carbocycles. The molecule has 2 rings (SSSR count). The van der Waals surface area contributed by atoms with Crippen molar-refractivity contribution < 1.29 is 5.11 Å². The number of nitrogens with zero attached hydrogens (tertiary/aromatic N) is 1. The summed E-state index contributed by atoms with van der Waals surface area (Å²) in [6.07, 6.45) is 0. The van der Waals surface area contributed by atoms with Gasteiger partial charge in [-0.15, -0.1) is 0 Å². The molecule has 4 N–H and O–H groups in total. The molecular formula is C9H9N3O3. The molecule has 0 fully saturated rings. The molecule has 1 aromatic carbocycles. The number of nitrogens with one attached hydrogen (secondary N) is 1. The van der Waals surface area contributed by atoms with Crippen molar-refractivity contribution in [3.63, 3.8) is 0 Å². The van der Waals surface area contributed by atoms with Crippen molar-refractivity contribution in [2.45, 2.75) is 6.67 Å². The molecule has 6 nitrogen and oxygen atoms in total. The fourth-order valence-corrected chi connectivity index (χ4v) is 1.44. The van der Waals surface area contributed by atoms with E-state index in [0.29, 0.717) is 5.52 Å². The lowest BCUT2D eigenvalue weighted by Gasteiger charge is -2.03. The SMILES string of the molecule is NCn1c(=O)[nH]c2cccc(O)c2c1=O. The minimum atomic E-state index is -0.589.